The van der Waals surface area contributed by atoms with Crippen LogP contribution in [0.25, 0.3) is 0 Å². The minimum absolute atomic E-state index is 0.399. The Morgan fingerprint density at radius 1 is 1.11 bits per heavy atom. The van der Waals surface area contributed by atoms with Gasteiger partial charge in [0.1, 0.15) is 13.1 Å². The maximum atomic E-state index is 12.2. The van der Waals surface area contributed by atoms with E-state index >= 15 is 0 Å². The van der Waals surface area contributed by atoms with Crippen LogP contribution in [0.5, 0.6) is 0 Å². The Balaban J connectivity index is 1.74. The lowest BCUT2D eigenvalue weighted by atomic mass is 9.85. The van der Waals surface area contributed by atoms with Gasteiger partial charge in [0.05, 0.1) is 11.8 Å². The first-order valence-electron chi connectivity index (χ1n) is 7.89. The molecule has 0 saturated carbocycles. The third-order valence-corrected chi connectivity index (χ3v) is 3.95. The number of halogens is 3. The molecule has 0 bridgehead atoms. The molecule has 0 unspecified atom stereocenters. The van der Waals surface area contributed by atoms with Crippen molar-refractivity contribution in [2.24, 2.45) is 11.8 Å². The summed E-state index contributed by atoms with van der Waals surface area (Å²) in [5, 5.41) is 2.94. The van der Waals surface area contributed by atoms with E-state index in [0.717, 1.165) is 4.90 Å². The number of likely N-dealkylation sites (tertiary alicyclic amines) is 1. The van der Waals surface area contributed by atoms with E-state index in [1.807, 2.05) is 0 Å². The molecule has 2 rings (SSSR count). The van der Waals surface area contributed by atoms with E-state index in [9.17, 15) is 37.1 Å². The number of amides is 5. The first-order chi connectivity index (χ1) is 12.6. The van der Waals surface area contributed by atoms with E-state index in [2.05, 4.69) is 4.74 Å². The predicted octanol–water partition coefficient (Wildman–Crippen LogP) is -0.131. The maximum Gasteiger partial charge on any atom is 0.405 e. The molecule has 27 heavy (non-hydrogen) atoms. The summed E-state index contributed by atoms with van der Waals surface area (Å²) in [6.45, 7) is -3.27. The SMILES string of the molecule is O=C(COC(=O)CN1C(=O)[C@H]2CC=CC[C@H]2C1=O)NC(=O)NCC(F)(F)F. The second-order valence-electron chi connectivity index (χ2n) is 5.93. The van der Waals surface area contributed by atoms with Crippen molar-refractivity contribution in [3.63, 3.8) is 0 Å². The van der Waals surface area contributed by atoms with Crippen LogP contribution in [0.15, 0.2) is 12.2 Å². The second-order valence-corrected chi connectivity index (χ2v) is 5.93. The molecule has 148 valence electrons. The van der Waals surface area contributed by atoms with E-state index in [0.29, 0.717) is 12.8 Å². The van der Waals surface area contributed by atoms with Crippen LogP contribution in [0.1, 0.15) is 12.8 Å². The number of nitrogens with zero attached hydrogens (tertiary/aromatic N) is 1. The summed E-state index contributed by atoms with van der Waals surface area (Å²) in [5.74, 6) is -4.26. The highest BCUT2D eigenvalue weighted by atomic mass is 19.4. The summed E-state index contributed by atoms with van der Waals surface area (Å²) in [6.07, 6.45) is -0.286. The number of carbonyl (C=O) groups excluding carboxylic acids is 5. The first-order valence-corrected chi connectivity index (χ1v) is 7.89. The van der Waals surface area contributed by atoms with Crippen molar-refractivity contribution in [2.45, 2.75) is 19.0 Å². The van der Waals surface area contributed by atoms with Gasteiger partial charge in [0.15, 0.2) is 6.61 Å². The third-order valence-electron chi connectivity index (χ3n) is 3.95. The van der Waals surface area contributed by atoms with E-state index in [-0.39, 0.29) is 0 Å². The molecular weight excluding hydrogens is 375 g/mol. The number of fused-ring (bicyclic) bond motifs is 1. The first kappa shape index (κ1) is 20.4. The Morgan fingerprint density at radius 3 is 2.19 bits per heavy atom. The number of carbonyl (C=O) groups is 5. The summed E-state index contributed by atoms with van der Waals surface area (Å²) in [7, 11) is 0. The topological polar surface area (TPSA) is 122 Å². The summed E-state index contributed by atoms with van der Waals surface area (Å²) in [6, 6.07) is -1.41. The largest absolute Gasteiger partial charge is 0.454 e. The highest BCUT2D eigenvalue weighted by Crippen LogP contribution is 2.34. The van der Waals surface area contributed by atoms with Gasteiger partial charge in [-0.15, -0.1) is 0 Å². The quantitative estimate of drug-likeness (QED) is 0.383. The lowest BCUT2D eigenvalue weighted by Gasteiger charge is -2.14. The van der Waals surface area contributed by atoms with Crippen LogP contribution < -0.4 is 10.6 Å². The molecular formula is C15H16F3N3O6. The monoisotopic (exact) mass is 391 g/mol. The number of allylic oxidation sites excluding steroid dienone is 2. The summed E-state index contributed by atoms with van der Waals surface area (Å²) >= 11 is 0. The Hall–Kier alpha value is -2.92. The van der Waals surface area contributed by atoms with Crippen LogP contribution >= 0.6 is 0 Å². The number of alkyl halides is 3. The van der Waals surface area contributed by atoms with Crippen LogP contribution in [-0.4, -0.2) is 60.5 Å². The van der Waals surface area contributed by atoms with E-state index in [4.69, 9.17) is 0 Å². The Labute approximate surface area is 150 Å². The summed E-state index contributed by atoms with van der Waals surface area (Å²) in [4.78, 5) is 59.2. The Kier molecular flexibility index (Phi) is 6.18. The van der Waals surface area contributed by atoms with Gasteiger partial charge in [-0.05, 0) is 12.8 Å². The van der Waals surface area contributed by atoms with Crippen molar-refractivity contribution in [1.29, 1.82) is 0 Å². The molecule has 2 aliphatic rings. The normalized spacial score (nSPS) is 21.7. The van der Waals surface area contributed by atoms with Crippen LogP contribution in [0.2, 0.25) is 0 Å². The zero-order chi connectivity index (χ0) is 20.2. The highest BCUT2D eigenvalue weighted by Gasteiger charge is 2.47. The highest BCUT2D eigenvalue weighted by molar-refractivity contribution is 6.07. The summed E-state index contributed by atoms with van der Waals surface area (Å²) < 4.78 is 40.3. The minimum atomic E-state index is -4.64. The fraction of sp³-hybridized carbons (Fsp3) is 0.533. The Morgan fingerprint density at radius 2 is 1.67 bits per heavy atom. The van der Waals surface area contributed by atoms with Crippen LogP contribution in [-0.2, 0) is 23.9 Å². The smallest absolute Gasteiger partial charge is 0.405 e. The molecule has 9 nitrogen and oxygen atoms in total. The average molecular weight is 391 g/mol. The number of esters is 1. The van der Waals surface area contributed by atoms with Crippen LogP contribution in [0.3, 0.4) is 0 Å². The van der Waals surface area contributed by atoms with Crippen LogP contribution in [0.4, 0.5) is 18.0 Å². The van der Waals surface area contributed by atoms with Crippen molar-refractivity contribution >= 4 is 29.7 Å². The molecule has 1 fully saturated rings. The molecule has 0 aromatic rings. The molecule has 0 aromatic carbocycles. The van der Waals surface area contributed by atoms with Gasteiger partial charge in [-0.3, -0.25) is 29.4 Å². The molecule has 1 aliphatic carbocycles. The minimum Gasteiger partial charge on any atom is -0.454 e. The second kappa shape index (κ2) is 8.18. The molecule has 2 N–H and O–H groups in total. The number of imide groups is 2. The van der Waals surface area contributed by atoms with Crippen molar-refractivity contribution in [1.82, 2.24) is 15.5 Å². The van der Waals surface area contributed by atoms with Gasteiger partial charge < -0.3 is 10.1 Å². The number of urea groups is 1. The molecule has 0 spiro atoms. The lowest BCUT2D eigenvalue weighted by Crippen LogP contribution is -2.45. The average Bonchev–Trinajstić information content (AvgIpc) is 2.83. The molecule has 0 radical (unpaired) electrons. The van der Waals surface area contributed by atoms with Crippen molar-refractivity contribution < 1.29 is 41.9 Å². The third kappa shape index (κ3) is 5.53. The van der Waals surface area contributed by atoms with Gasteiger partial charge in [0, 0.05) is 0 Å². The fourth-order valence-electron chi connectivity index (χ4n) is 2.73. The van der Waals surface area contributed by atoms with E-state index in [1.165, 1.54) is 10.6 Å². The predicted molar refractivity (Wildman–Crippen MR) is 80.6 cm³/mol. The number of rotatable bonds is 5. The fourth-order valence-corrected chi connectivity index (χ4v) is 2.73. The van der Waals surface area contributed by atoms with Crippen molar-refractivity contribution in [2.75, 3.05) is 19.7 Å². The molecule has 1 saturated heterocycles. The molecule has 1 aliphatic heterocycles. The standard InChI is InChI=1S/C15H16F3N3O6/c16-15(17,18)7-19-14(26)20-10(22)6-27-11(23)5-21-12(24)8-3-1-2-4-9(8)13(21)25/h1-2,8-9H,3-7H2,(H2,19,20,22,26)/t8-,9+. The van der Waals surface area contributed by atoms with Crippen molar-refractivity contribution in [3.8, 4) is 0 Å². The molecule has 12 heteroatoms. The summed E-state index contributed by atoms with van der Waals surface area (Å²) in [5.41, 5.74) is 0. The van der Waals surface area contributed by atoms with Gasteiger partial charge in [-0.2, -0.15) is 13.2 Å². The number of hydrogen-bond donors (Lipinski definition) is 2. The van der Waals surface area contributed by atoms with Gasteiger partial charge in [0.2, 0.25) is 11.8 Å². The zero-order valence-electron chi connectivity index (χ0n) is 13.9. The van der Waals surface area contributed by atoms with Gasteiger partial charge >= 0.3 is 18.2 Å². The van der Waals surface area contributed by atoms with Crippen molar-refractivity contribution in [3.05, 3.63) is 12.2 Å². The van der Waals surface area contributed by atoms with Gasteiger partial charge in [-0.25, -0.2) is 4.79 Å². The molecule has 5 amide bonds. The number of hydrogen-bond acceptors (Lipinski definition) is 6. The Bertz CT molecular complexity index is 665. The van der Waals surface area contributed by atoms with Crippen LogP contribution in [0, 0.1) is 11.8 Å². The van der Waals surface area contributed by atoms with Gasteiger partial charge in [0.25, 0.3) is 5.91 Å². The molecule has 1 heterocycles. The lowest BCUT2D eigenvalue weighted by molar-refractivity contribution is -0.154. The number of ether oxygens (including phenoxy) is 1. The van der Waals surface area contributed by atoms with E-state index < -0.39 is 67.4 Å². The maximum absolute atomic E-state index is 12.2. The molecule has 2 atom stereocenters. The van der Waals surface area contributed by atoms with Gasteiger partial charge in [-0.1, -0.05) is 12.2 Å². The number of nitrogens with one attached hydrogen (secondary N) is 2. The molecule has 0 aromatic heterocycles. The van der Waals surface area contributed by atoms with E-state index in [1.54, 1.807) is 12.2 Å². The zero-order valence-corrected chi connectivity index (χ0v) is 13.9.